The van der Waals surface area contributed by atoms with E-state index < -0.39 is 30.7 Å². The lowest BCUT2D eigenvalue weighted by Crippen LogP contribution is -2.68. The van der Waals surface area contributed by atoms with Crippen molar-refractivity contribution in [1.29, 1.82) is 0 Å². The van der Waals surface area contributed by atoms with Crippen LogP contribution in [0.5, 0.6) is 0 Å². The summed E-state index contributed by atoms with van der Waals surface area (Å²) < 4.78 is 102. The van der Waals surface area contributed by atoms with Crippen molar-refractivity contribution in [2.75, 3.05) is 0 Å². The van der Waals surface area contributed by atoms with Crippen LogP contribution in [-0.2, 0) is 0 Å². The van der Waals surface area contributed by atoms with Crippen LogP contribution in [0.2, 0.25) is 0 Å². The van der Waals surface area contributed by atoms with Crippen molar-refractivity contribution in [2.24, 2.45) is 0 Å². The summed E-state index contributed by atoms with van der Waals surface area (Å²) in [5, 5.41) is 0. The van der Waals surface area contributed by atoms with Gasteiger partial charge in [0.2, 0.25) is 0 Å². The van der Waals surface area contributed by atoms with E-state index in [1.807, 2.05) is 67.5 Å². The summed E-state index contributed by atoms with van der Waals surface area (Å²) in [4.78, 5) is 14.1. The molecule has 0 radical (unpaired) electrons. The maximum atomic E-state index is 8.49. The van der Waals surface area contributed by atoms with Gasteiger partial charge in [-0.25, -0.2) is 75.8 Å². The fraction of sp³-hybridized carbons (Fsp3) is 0. The van der Waals surface area contributed by atoms with Crippen LogP contribution in [0.15, 0.2) is 85.7 Å². The maximum Gasteiger partial charge on any atom is 0.174 e. The summed E-state index contributed by atoms with van der Waals surface area (Å²) in [5.41, 5.74) is 6.33. The summed E-state index contributed by atoms with van der Waals surface area (Å²) >= 11 is 0. The molecule has 4 aromatic rings. The molecule has 0 amide bonds. The lowest BCUT2D eigenvalue weighted by atomic mass is 10.0. The number of aromatic nitrogens is 4. The Morgan fingerprint density at radius 3 is 1.10 bits per heavy atom. The Morgan fingerprint density at radius 1 is 0.450 bits per heavy atom. The number of hydrogen-bond donors (Lipinski definition) is 0. The van der Waals surface area contributed by atoms with Crippen molar-refractivity contribution in [2.45, 2.75) is 0 Å². The van der Waals surface area contributed by atoms with Gasteiger partial charge in [0.25, 0.3) is 0 Å². The van der Waals surface area contributed by atoms with Crippen molar-refractivity contribution in [3.8, 4) is 33.6 Å². The van der Waals surface area contributed by atoms with E-state index in [2.05, 4.69) is 33.2 Å². The number of aromatic amines is 3. The highest BCUT2D eigenvalue weighted by Gasteiger charge is 2.10. The number of rotatable bonds is 3. The Morgan fingerprint density at radius 2 is 0.800 bits per heavy atom. The number of pyridine rings is 4. The number of nitrogens with zero attached hydrogens (tertiary/aromatic N) is 1. The van der Waals surface area contributed by atoms with Crippen LogP contribution in [0.1, 0.15) is 0 Å². The third-order valence-electron chi connectivity index (χ3n) is 3.89. The van der Waals surface area contributed by atoms with E-state index in [0.29, 0.717) is 0 Å². The second-order valence-corrected chi connectivity index (χ2v) is 8.90. The van der Waals surface area contributed by atoms with Crippen LogP contribution >= 0.6 is 0 Å². The number of nitrogens with one attached hydrogen (secondary N) is 3. The molecule has 17 nitrogen and oxygen atoms in total. The average molecular weight is 630 g/mol. The molecule has 0 aliphatic carbocycles. The highest BCUT2D eigenvalue weighted by Crippen LogP contribution is 2.28. The number of H-pyrrole nitrogens is 3. The van der Waals surface area contributed by atoms with Crippen molar-refractivity contribution < 1.29 is 107 Å². The monoisotopic (exact) mass is 628 g/mol. The first kappa shape index (κ1) is 37.0. The van der Waals surface area contributed by atoms with E-state index in [-0.39, 0.29) is 5.48 Å². The summed E-state index contributed by atoms with van der Waals surface area (Å²) in [6.45, 7) is 0. The molecule has 0 fully saturated rings. The molecule has 20 heteroatoms. The Hall–Kier alpha value is -3.05. The highest BCUT2D eigenvalue weighted by molar-refractivity contribution is 5.75. The minimum atomic E-state index is -4.94. The van der Waals surface area contributed by atoms with Gasteiger partial charge >= 0.3 is 0 Å². The van der Waals surface area contributed by atoms with Gasteiger partial charge in [-0.2, -0.15) is 0 Å². The third-order valence-corrected chi connectivity index (χ3v) is 3.89. The van der Waals surface area contributed by atoms with E-state index in [1.54, 1.807) is 0 Å². The molecule has 0 aromatic carbocycles. The standard InChI is InChI=1S/C20H14N4.3ClHO4.H2O/c1-2-17(14-23-7-1)18-12-19(15-3-8-21-9-4-15)24-20(13-18)16-5-10-22-11-6-16;3*2-1(3,4)5;/h1-14H;3*(H,2,3,4,5);1H2. The lowest BCUT2D eigenvalue weighted by molar-refractivity contribution is -2.00. The van der Waals surface area contributed by atoms with Crippen LogP contribution in [0, 0.1) is 30.7 Å². The van der Waals surface area contributed by atoms with Crippen molar-refractivity contribution in [3.05, 3.63) is 85.7 Å². The van der Waals surface area contributed by atoms with Gasteiger partial charge in [-0.05, 0) is 23.8 Å². The van der Waals surface area contributed by atoms with Gasteiger partial charge in [-0.3, -0.25) is 0 Å². The SMILES string of the molecule is O.[O-][Cl+3]([O-])([O-])[O-].[O-][Cl+3]([O-])([O-])[O-].[O-][Cl+3]([O-])([O-])[O-].c1c[nH+]cc(-c2cc(-c3cc[nH+]cc3)nc(-c3cc[nH+]cc3)c2)c1. The van der Waals surface area contributed by atoms with Crippen LogP contribution in [0.4, 0.5) is 0 Å². The quantitative estimate of drug-likeness (QED) is 0.203. The molecule has 0 saturated carbocycles. The molecule has 4 aromatic heterocycles. The summed E-state index contributed by atoms with van der Waals surface area (Å²) in [5.74, 6) is 0. The smallest absolute Gasteiger partial charge is 0.174 e. The predicted molar refractivity (Wildman–Crippen MR) is 93.8 cm³/mol. The first-order valence-electron chi connectivity index (χ1n) is 9.67. The van der Waals surface area contributed by atoms with Crippen molar-refractivity contribution >= 4 is 0 Å². The Kier molecular flexibility index (Phi) is 15.6. The molecule has 0 saturated heterocycles. The van der Waals surface area contributed by atoms with Crippen molar-refractivity contribution in [3.63, 3.8) is 0 Å². The molecule has 0 unspecified atom stereocenters. The molecule has 40 heavy (non-hydrogen) atoms. The average Bonchev–Trinajstić information content (AvgIpc) is 2.82. The van der Waals surface area contributed by atoms with E-state index in [0.717, 1.165) is 33.6 Å². The largest absolute Gasteiger partial charge is 0.412 e. The number of halogens is 3. The second kappa shape index (κ2) is 16.9. The maximum absolute atomic E-state index is 8.49. The zero-order valence-corrected chi connectivity index (χ0v) is 21.8. The minimum absolute atomic E-state index is 0. The van der Waals surface area contributed by atoms with Gasteiger partial charge in [0, 0.05) is 47.0 Å². The first-order valence-corrected chi connectivity index (χ1v) is 13.4. The van der Waals surface area contributed by atoms with Gasteiger partial charge in [0.1, 0.15) is 0 Å². The van der Waals surface area contributed by atoms with Crippen molar-refractivity contribution in [1.82, 2.24) is 4.98 Å². The molecular formula is C20H19Cl3N4O13. The topological polar surface area (TPSA) is 364 Å². The zero-order valence-electron chi connectivity index (χ0n) is 19.6. The molecule has 0 aliphatic rings. The molecule has 4 rings (SSSR count). The minimum Gasteiger partial charge on any atom is -0.412 e. The second-order valence-electron chi connectivity index (χ2n) is 6.63. The summed E-state index contributed by atoms with van der Waals surface area (Å²) in [6.07, 6.45) is 11.6. The van der Waals surface area contributed by atoms with E-state index in [4.69, 9.17) is 60.9 Å². The van der Waals surface area contributed by atoms with Gasteiger partial charge in [0.15, 0.2) is 37.2 Å². The van der Waals surface area contributed by atoms with Gasteiger partial charge in [0.05, 0.1) is 11.4 Å². The summed E-state index contributed by atoms with van der Waals surface area (Å²) in [6, 6.07) is 16.5. The van der Waals surface area contributed by atoms with E-state index >= 15 is 0 Å². The van der Waals surface area contributed by atoms with Crippen LogP contribution in [0.25, 0.3) is 33.6 Å². The fourth-order valence-corrected chi connectivity index (χ4v) is 2.68. The molecule has 218 valence electrons. The zero-order chi connectivity index (χ0) is 29.7. The lowest BCUT2D eigenvalue weighted by Gasteiger charge is -2.17. The Balaban J connectivity index is 0.000000792. The normalized spacial score (nSPS) is 10.8. The molecule has 0 spiro atoms. The molecule has 0 aliphatic heterocycles. The predicted octanol–water partition coefficient (Wildman–Crippen LogP) is -12.6. The Bertz CT molecular complexity index is 1060. The summed E-state index contributed by atoms with van der Waals surface area (Å²) in [7, 11) is -14.8. The first-order chi connectivity index (χ1) is 17.9. The fourth-order valence-electron chi connectivity index (χ4n) is 2.68. The van der Waals surface area contributed by atoms with E-state index in [1.165, 1.54) is 0 Å². The van der Waals surface area contributed by atoms with Crippen LogP contribution in [0.3, 0.4) is 0 Å². The van der Waals surface area contributed by atoms with Gasteiger partial charge < -0.3 is 5.48 Å². The van der Waals surface area contributed by atoms with E-state index in [9.17, 15) is 0 Å². The number of hydrogen-bond acceptors (Lipinski definition) is 13. The third kappa shape index (κ3) is 19.9. The molecule has 5 N–H and O–H groups in total. The molecule has 4 heterocycles. The highest BCUT2D eigenvalue weighted by atomic mass is 35.7. The molecular weight excluding hydrogens is 611 g/mol. The van der Waals surface area contributed by atoms with Crippen LogP contribution in [-0.4, -0.2) is 10.5 Å². The van der Waals surface area contributed by atoms with Gasteiger partial charge in [-0.15, -0.1) is 30.7 Å². The molecule has 0 bridgehead atoms. The molecule has 0 atom stereocenters. The Labute approximate surface area is 231 Å². The van der Waals surface area contributed by atoms with Crippen LogP contribution < -0.4 is 70.9 Å². The van der Waals surface area contributed by atoms with Gasteiger partial charge in [-0.1, -0.05) is 0 Å².